The minimum Gasteiger partial charge on any atom is -0.406 e. The Morgan fingerprint density at radius 3 is 2.68 bits per heavy atom. The molecule has 200 valence electrons. The van der Waals surface area contributed by atoms with Crippen LogP contribution < -0.4 is 15.7 Å². The van der Waals surface area contributed by atoms with Gasteiger partial charge < -0.3 is 20.1 Å². The standard InChI is InChI=1S/C27H28F3N5O3/c1-16-19(5-3-7-22(16)18-4-2-6-21(12-18)38-27(28,29)30)15-35-24-23(33-26(35)37)14-32-25(34-24)31-13-17-8-10-20(36)11-9-17/h2-7,12,14,17,20,36H,8-11,13,15H2,1H3,(H,33,37)(H,31,32,34). The summed E-state index contributed by atoms with van der Waals surface area (Å²) < 4.78 is 43.7. The summed E-state index contributed by atoms with van der Waals surface area (Å²) in [6, 6.07) is 11.3. The van der Waals surface area contributed by atoms with E-state index in [0.29, 0.717) is 35.1 Å². The van der Waals surface area contributed by atoms with Gasteiger partial charge in [0.05, 0.1) is 18.8 Å². The van der Waals surface area contributed by atoms with Gasteiger partial charge in [-0.05, 0) is 72.9 Å². The van der Waals surface area contributed by atoms with Gasteiger partial charge in [-0.15, -0.1) is 13.2 Å². The topological polar surface area (TPSA) is 105 Å². The van der Waals surface area contributed by atoms with Gasteiger partial charge in [0.25, 0.3) is 0 Å². The molecule has 5 rings (SSSR count). The monoisotopic (exact) mass is 527 g/mol. The molecule has 0 bridgehead atoms. The Kier molecular flexibility index (Phi) is 7.11. The minimum atomic E-state index is -4.78. The fourth-order valence-corrected chi connectivity index (χ4v) is 4.96. The molecule has 2 heterocycles. The Morgan fingerprint density at radius 1 is 1.16 bits per heavy atom. The number of nitrogens with one attached hydrogen (secondary N) is 2. The molecule has 2 aromatic carbocycles. The van der Waals surface area contributed by atoms with Crippen molar-refractivity contribution >= 4 is 17.1 Å². The molecule has 1 aliphatic rings. The third-order valence-electron chi connectivity index (χ3n) is 7.03. The predicted octanol–water partition coefficient (Wildman–Crippen LogP) is 5.00. The molecule has 0 radical (unpaired) electrons. The molecule has 0 saturated heterocycles. The van der Waals surface area contributed by atoms with E-state index >= 15 is 0 Å². The van der Waals surface area contributed by atoms with Gasteiger partial charge in [-0.2, -0.15) is 4.98 Å². The summed E-state index contributed by atoms with van der Waals surface area (Å²) in [7, 11) is 0. The van der Waals surface area contributed by atoms with E-state index < -0.39 is 6.36 Å². The van der Waals surface area contributed by atoms with Crippen molar-refractivity contribution in [3.63, 3.8) is 0 Å². The van der Waals surface area contributed by atoms with Crippen LogP contribution in [-0.2, 0) is 6.54 Å². The molecule has 0 unspecified atom stereocenters. The number of alkyl halides is 3. The number of hydrogen-bond acceptors (Lipinski definition) is 6. The normalized spacial score (nSPS) is 18.0. The Hall–Kier alpha value is -3.86. The molecule has 4 aromatic rings. The summed E-state index contributed by atoms with van der Waals surface area (Å²) in [5.41, 5.74) is 3.58. The number of imidazole rings is 1. The van der Waals surface area contributed by atoms with Crippen molar-refractivity contribution in [3.05, 3.63) is 70.3 Å². The van der Waals surface area contributed by atoms with E-state index in [1.165, 1.54) is 22.8 Å². The van der Waals surface area contributed by atoms with Crippen LogP contribution in [0.1, 0.15) is 36.8 Å². The number of benzene rings is 2. The maximum Gasteiger partial charge on any atom is 0.573 e. The van der Waals surface area contributed by atoms with Crippen LogP contribution in [0.25, 0.3) is 22.3 Å². The van der Waals surface area contributed by atoms with Crippen LogP contribution in [-0.4, -0.2) is 43.6 Å². The first kappa shape index (κ1) is 25.8. The molecule has 38 heavy (non-hydrogen) atoms. The molecule has 1 saturated carbocycles. The molecular weight excluding hydrogens is 499 g/mol. The van der Waals surface area contributed by atoms with Crippen LogP contribution in [0.15, 0.2) is 53.5 Å². The van der Waals surface area contributed by atoms with Gasteiger partial charge in [0.1, 0.15) is 11.3 Å². The number of aliphatic hydroxyl groups is 1. The van der Waals surface area contributed by atoms with Crippen molar-refractivity contribution in [2.24, 2.45) is 5.92 Å². The van der Waals surface area contributed by atoms with Gasteiger partial charge in [-0.1, -0.05) is 30.3 Å². The number of aliphatic hydroxyl groups excluding tert-OH is 1. The first-order valence-corrected chi connectivity index (χ1v) is 12.5. The number of aromatic amines is 1. The molecule has 0 atom stereocenters. The number of fused-ring (bicyclic) bond motifs is 1. The number of aromatic nitrogens is 4. The van der Waals surface area contributed by atoms with Gasteiger partial charge in [0.2, 0.25) is 5.95 Å². The van der Waals surface area contributed by atoms with Gasteiger partial charge >= 0.3 is 12.1 Å². The van der Waals surface area contributed by atoms with E-state index in [0.717, 1.165) is 42.4 Å². The first-order valence-electron chi connectivity index (χ1n) is 12.5. The van der Waals surface area contributed by atoms with Gasteiger partial charge in [0.15, 0.2) is 5.65 Å². The van der Waals surface area contributed by atoms with Crippen LogP contribution in [0.2, 0.25) is 0 Å². The van der Waals surface area contributed by atoms with Gasteiger partial charge in [-0.3, -0.25) is 4.57 Å². The van der Waals surface area contributed by atoms with Crippen molar-refractivity contribution in [3.8, 4) is 16.9 Å². The van der Waals surface area contributed by atoms with E-state index in [-0.39, 0.29) is 24.1 Å². The largest absolute Gasteiger partial charge is 0.573 e. The van der Waals surface area contributed by atoms with Crippen LogP contribution in [0.4, 0.5) is 19.1 Å². The number of halogens is 3. The zero-order chi connectivity index (χ0) is 26.9. The summed E-state index contributed by atoms with van der Waals surface area (Å²) in [5.74, 6) is 0.550. The number of anilines is 1. The Bertz CT molecular complexity index is 1490. The Balaban J connectivity index is 1.39. The van der Waals surface area contributed by atoms with Crippen molar-refractivity contribution < 1.29 is 23.0 Å². The van der Waals surface area contributed by atoms with Crippen LogP contribution in [0, 0.1) is 12.8 Å². The van der Waals surface area contributed by atoms with E-state index in [2.05, 4.69) is 25.0 Å². The number of hydrogen-bond donors (Lipinski definition) is 3. The fraction of sp³-hybridized carbons (Fsp3) is 0.370. The molecule has 0 amide bonds. The second-order valence-corrected chi connectivity index (χ2v) is 9.67. The maximum absolute atomic E-state index is 12.8. The third kappa shape index (κ3) is 5.83. The highest BCUT2D eigenvalue weighted by Crippen LogP contribution is 2.31. The number of nitrogens with zero attached hydrogens (tertiary/aromatic N) is 3. The lowest BCUT2D eigenvalue weighted by Gasteiger charge is -2.25. The number of rotatable bonds is 7. The van der Waals surface area contributed by atoms with E-state index in [1.807, 2.05) is 19.1 Å². The lowest BCUT2D eigenvalue weighted by Crippen LogP contribution is -2.24. The average molecular weight is 528 g/mol. The summed E-state index contributed by atoms with van der Waals surface area (Å²) in [6.45, 7) is 2.77. The highest BCUT2D eigenvalue weighted by Gasteiger charge is 2.31. The SMILES string of the molecule is Cc1c(Cn2c(=O)[nH]c3cnc(NCC4CCC(O)CC4)nc32)cccc1-c1cccc(OC(F)(F)F)c1. The van der Waals surface area contributed by atoms with E-state index in [9.17, 15) is 23.1 Å². The first-order chi connectivity index (χ1) is 18.2. The van der Waals surface area contributed by atoms with Crippen LogP contribution in [0.5, 0.6) is 5.75 Å². The third-order valence-corrected chi connectivity index (χ3v) is 7.03. The van der Waals surface area contributed by atoms with Crippen molar-refractivity contribution in [2.45, 2.75) is 51.6 Å². The summed E-state index contributed by atoms with van der Waals surface area (Å²) in [5, 5.41) is 13.0. The summed E-state index contributed by atoms with van der Waals surface area (Å²) >= 11 is 0. The minimum absolute atomic E-state index is 0.215. The van der Waals surface area contributed by atoms with Crippen molar-refractivity contribution in [1.29, 1.82) is 0 Å². The molecule has 1 aliphatic carbocycles. The van der Waals surface area contributed by atoms with Crippen LogP contribution in [0.3, 0.4) is 0 Å². The Morgan fingerprint density at radius 2 is 1.92 bits per heavy atom. The predicted molar refractivity (Wildman–Crippen MR) is 137 cm³/mol. The van der Waals surface area contributed by atoms with E-state index in [4.69, 9.17) is 0 Å². The molecule has 1 fully saturated rings. The molecule has 0 spiro atoms. The quantitative estimate of drug-likeness (QED) is 0.312. The maximum atomic E-state index is 12.8. The fourth-order valence-electron chi connectivity index (χ4n) is 4.96. The lowest BCUT2D eigenvalue weighted by molar-refractivity contribution is -0.274. The highest BCUT2D eigenvalue weighted by atomic mass is 19.4. The smallest absolute Gasteiger partial charge is 0.406 e. The molecular formula is C27H28F3N5O3. The van der Waals surface area contributed by atoms with Gasteiger partial charge in [0, 0.05) is 6.54 Å². The summed E-state index contributed by atoms with van der Waals surface area (Å²) in [4.78, 5) is 24.5. The van der Waals surface area contributed by atoms with Crippen molar-refractivity contribution in [1.82, 2.24) is 19.5 Å². The molecule has 11 heteroatoms. The molecule has 2 aromatic heterocycles. The molecule has 3 N–H and O–H groups in total. The Labute approximate surface area is 216 Å². The van der Waals surface area contributed by atoms with Crippen LogP contribution >= 0.6 is 0 Å². The molecule has 0 aliphatic heterocycles. The van der Waals surface area contributed by atoms with E-state index in [1.54, 1.807) is 18.3 Å². The zero-order valence-corrected chi connectivity index (χ0v) is 20.8. The lowest BCUT2D eigenvalue weighted by atomic mass is 9.87. The highest BCUT2D eigenvalue weighted by molar-refractivity contribution is 5.72. The zero-order valence-electron chi connectivity index (χ0n) is 20.8. The average Bonchev–Trinajstić information content (AvgIpc) is 3.18. The van der Waals surface area contributed by atoms with Crippen molar-refractivity contribution in [2.75, 3.05) is 11.9 Å². The second-order valence-electron chi connectivity index (χ2n) is 9.67. The summed E-state index contributed by atoms with van der Waals surface area (Å²) in [6.07, 6.45) is 0.0391. The second kappa shape index (κ2) is 10.5. The van der Waals surface area contributed by atoms with Gasteiger partial charge in [-0.25, -0.2) is 9.78 Å². The number of ether oxygens (including phenoxy) is 1. The molecule has 8 nitrogen and oxygen atoms in total. The number of H-pyrrole nitrogens is 1.